The molecule has 0 aromatic carbocycles. The summed E-state index contributed by atoms with van der Waals surface area (Å²) >= 11 is 0.959. The number of hydrogen-bond donors (Lipinski definition) is 1. The van der Waals surface area contributed by atoms with E-state index in [9.17, 15) is 14.2 Å². The van der Waals surface area contributed by atoms with Gasteiger partial charge in [-0.25, -0.2) is 4.79 Å². The topological polar surface area (TPSA) is 84.9 Å². The zero-order valence-electron chi connectivity index (χ0n) is 11.2. The van der Waals surface area contributed by atoms with Crippen LogP contribution in [0.25, 0.3) is 0 Å². The number of hydrogen-bond acceptors (Lipinski definition) is 6. The molecule has 0 radical (unpaired) electrons. The molecule has 0 saturated carbocycles. The first-order valence-electron chi connectivity index (χ1n) is 5.82. The van der Waals surface area contributed by atoms with Gasteiger partial charge in [-0.3, -0.25) is 14.4 Å². The smallest absolute Gasteiger partial charge is 0.354 e. The summed E-state index contributed by atoms with van der Waals surface area (Å²) in [5.41, 5.74) is 0. The Morgan fingerprint density at radius 1 is 1.42 bits per heavy atom. The van der Waals surface area contributed by atoms with Gasteiger partial charge >= 0.3 is 18.7 Å². The number of urea groups is 1. The van der Waals surface area contributed by atoms with Crippen LogP contribution in [0.2, 0.25) is 0 Å². The number of nitrogens with zero attached hydrogens (tertiary/aromatic N) is 1. The highest BCUT2D eigenvalue weighted by atomic mass is 32.7. The Kier molecular flexibility index (Phi) is 6.16. The summed E-state index contributed by atoms with van der Waals surface area (Å²) < 4.78 is 21.5. The first kappa shape index (κ1) is 16.3. The van der Waals surface area contributed by atoms with Gasteiger partial charge in [0, 0.05) is 20.2 Å². The second-order valence-corrected chi connectivity index (χ2v) is 8.57. The fourth-order valence-electron chi connectivity index (χ4n) is 1.87. The molecule has 1 heterocycles. The number of amides is 2. The van der Waals surface area contributed by atoms with Crippen LogP contribution in [0.1, 0.15) is 12.8 Å². The Morgan fingerprint density at radius 3 is 2.63 bits per heavy atom. The SMILES string of the molecule is COC(=O)C1CCCN(C(=O)NP(=O)(OC)SC)C1. The van der Waals surface area contributed by atoms with Crippen LogP contribution in [0.3, 0.4) is 0 Å². The lowest BCUT2D eigenvalue weighted by Crippen LogP contribution is -2.46. The van der Waals surface area contributed by atoms with Crippen molar-refractivity contribution in [3.63, 3.8) is 0 Å². The number of piperidine rings is 1. The largest absolute Gasteiger partial charge is 0.469 e. The van der Waals surface area contributed by atoms with Crippen LogP contribution < -0.4 is 5.09 Å². The molecule has 1 saturated heterocycles. The second-order valence-electron chi connectivity index (χ2n) is 4.09. The summed E-state index contributed by atoms with van der Waals surface area (Å²) in [6, 6.07) is -0.479. The Balaban J connectivity index is 2.62. The van der Waals surface area contributed by atoms with Crippen molar-refractivity contribution < 1.29 is 23.4 Å². The van der Waals surface area contributed by atoms with Crippen LogP contribution in [0, 0.1) is 5.92 Å². The predicted molar refractivity (Wildman–Crippen MR) is 73.0 cm³/mol. The molecule has 0 aliphatic carbocycles. The van der Waals surface area contributed by atoms with Gasteiger partial charge in [0.1, 0.15) is 0 Å². The lowest BCUT2D eigenvalue weighted by molar-refractivity contribution is -0.146. The molecule has 1 fully saturated rings. The van der Waals surface area contributed by atoms with Gasteiger partial charge in [-0.2, -0.15) is 0 Å². The summed E-state index contributed by atoms with van der Waals surface area (Å²) in [5.74, 6) is -0.641. The van der Waals surface area contributed by atoms with E-state index in [4.69, 9.17) is 4.52 Å². The molecule has 9 heteroatoms. The number of nitrogens with one attached hydrogen (secondary N) is 1. The molecule has 0 spiro atoms. The third-order valence-electron chi connectivity index (χ3n) is 2.96. The summed E-state index contributed by atoms with van der Waals surface area (Å²) in [7, 11) is 2.61. The van der Waals surface area contributed by atoms with E-state index in [0.29, 0.717) is 19.4 Å². The first-order chi connectivity index (χ1) is 8.95. The van der Waals surface area contributed by atoms with Crippen molar-refractivity contribution in [3.8, 4) is 0 Å². The van der Waals surface area contributed by atoms with Crippen molar-refractivity contribution in [3.05, 3.63) is 0 Å². The van der Waals surface area contributed by atoms with Crippen molar-refractivity contribution in [2.45, 2.75) is 12.8 Å². The number of methoxy groups -OCH3 is 1. The highest BCUT2D eigenvalue weighted by molar-refractivity contribution is 8.55. The second kappa shape index (κ2) is 7.17. The summed E-state index contributed by atoms with van der Waals surface area (Å²) in [6.45, 7) is -2.40. The lowest BCUT2D eigenvalue weighted by Gasteiger charge is -2.32. The van der Waals surface area contributed by atoms with E-state index in [2.05, 4.69) is 9.82 Å². The number of carbonyl (C=O) groups is 2. The molecule has 1 N–H and O–H groups in total. The number of carbonyl (C=O) groups excluding carboxylic acids is 2. The Labute approximate surface area is 116 Å². The van der Waals surface area contributed by atoms with Gasteiger partial charge in [0.2, 0.25) is 0 Å². The van der Waals surface area contributed by atoms with Gasteiger partial charge in [-0.15, -0.1) is 0 Å². The number of likely N-dealkylation sites (tertiary alicyclic amines) is 1. The summed E-state index contributed by atoms with van der Waals surface area (Å²) in [5, 5.41) is 2.37. The Morgan fingerprint density at radius 2 is 2.11 bits per heavy atom. The molecular weight excluding hydrogens is 291 g/mol. The van der Waals surface area contributed by atoms with E-state index >= 15 is 0 Å². The molecule has 0 aromatic rings. The molecule has 1 aliphatic rings. The number of esters is 1. The molecule has 1 rings (SSSR count). The van der Waals surface area contributed by atoms with E-state index in [1.807, 2.05) is 0 Å². The molecule has 0 aromatic heterocycles. The monoisotopic (exact) mass is 310 g/mol. The third-order valence-corrected chi connectivity index (χ3v) is 6.55. The van der Waals surface area contributed by atoms with Gasteiger partial charge in [-0.1, -0.05) is 11.4 Å². The van der Waals surface area contributed by atoms with E-state index < -0.39 is 12.8 Å². The lowest BCUT2D eigenvalue weighted by atomic mass is 9.99. The molecular formula is C10H19N2O5PS. The number of rotatable bonds is 4. The maximum absolute atomic E-state index is 12.0. The minimum Gasteiger partial charge on any atom is -0.469 e. The van der Waals surface area contributed by atoms with Crippen molar-refractivity contribution >= 4 is 30.1 Å². The van der Waals surface area contributed by atoms with Gasteiger partial charge in [-0.05, 0) is 19.1 Å². The van der Waals surface area contributed by atoms with E-state index in [0.717, 1.165) is 11.4 Å². The van der Waals surface area contributed by atoms with Crippen LogP contribution in [0.4, 0.5) is 4.79 Å². The highest BCUT2D eigenvalue weighted by Gasteiger charge is 2.32. The molecule has 7 nitrogen and oxygen atoms in total. The zero-order valence-corrected chi connectivity index (χ0v) is 13.0. The van der Waals surface area contributed by atoms with Crippen molar-refractivity contribution in [2.24, 2.45) is 5.92 Å². The van der Waals surface area contributed by atoms with Gasteiger partial charge in [0.15, 0.2) is 0 Å². The zero-order chi connectivity index (χ0) is 14.5. The summed E-state index contributed by atoms with van der Waals surface area (Å²) in [6.07, 6.45) is 3.00. The Bertz CT molecular complexity index is 384. The maximum atomic E-state index is 12.0. The predicted octanol–water partition coefficient (Wildman–Crippen LogP) is 1.70. The van der Waals surface area contributed by atoms with Gasteiger partial charge < -0.3 is 14.2 Å². The average Bonchev–Trinajstić information content (AvgIpc) is 2.46. The average molecular weight is 310 g/mol. The fourth-order valence-corrected chi connectivity index (χ4v) is 3.54. The molecule has 0 bridgehead atoms. The maximum Gasteiger partial charge on any atom is 0.354 e. The van der Waals surface area contributed by atoms with E-state index in [-0.39, 0.29) is 18.4 Å². The summed E-state index contributed by atoms with van der Waals surface area (Å²) in [4.78, 5) is 24.9. The molecule has 2 amide bonds. The van der Waals surface area contributed by atoms with E-state index in [1.165, 1.54) is 19.1 Å². The number of ether oxygens (including phenoxy) is 1. The van der Waals surface area contributed by atoms with Crippen LogP contribution in [-0.4, -0.2) is 50.5 Å². The Hall–Kier alpha value is -0.720. The normalized spacial score (nSPS) is 22.5. The van der Waals surface area contributed by atoms with E-state index in [1.54, 1.807) is 6.26 Å². The van der Waals surface area contributed by atoms with Gasteiger partial charge in [0.25, 0.3) is 0 Å². The quantitative estimate of drug-likeness (QED) is 0.628. The van der Waals surface area contributed by atoms with Crippen molar-refractivity contribution in [1.82, 2.24) is 9.99 Å². The van der Waals surface area contributed by atoms with Crippen molar-refractivity contribution in [2.75, 3.05) is 33.6 Å². The highest BCUT2D eigenvalue weighted by Crippen LogP contribution is 2.53. The molecule has 2 unspecified atom stereocenters. The minimum atomic E-state index is -3.20. The fraction of sp³-hybridized carbons (Fsp3) is 0.800. The van der Waals surface area contributed by atoms with Crippen LogP contribution in [0.15, 0.2) is 0 Å². The standard InChI is InChI=1S/C10H19N2O5PS/c1-16-9(13)8-5-4-6-12(7-8)10(14)11-18(15,17-2)19-3/h8H,4-7H2,1-3H3,(H,11,14,15). The first-order valence-corrected chi connectivity index (χ1v) is 9.27. The molecule has 1 aliphatic heterocycles. The minimum absolute atomic E-state index is 0.274. The van der Waals surface area contributed by atoms with Crippen LogP contribution in [0.5, 0.6) is 0 Å². The van der Waals surface area contributed by atoms with Crippen LogP contribution >= 0.6 is 18.1 Å². The molecule has 2 atom stereocenters. The molecule has 19 heavy (non-hydrogen) atoms. The molecule has 110 valence electrons. The van der Waals surface area contributed by atoms with Gasteiger partial charge in [0.05, 0.1) is 13.0 Å². The third kappa shape index (κ3) is 4.40. The van der Waals surface area contributed by atoms with Crippen molar-refractivity contribution in [1.29, 1.82) is 0 Å². The van der Waals surface area contributed by atoms with Crippen LogP contribution in [-0.2, 0) is 18.6 Å².